The molecule has 2 aromatic rings. The van der Waals surface area contributed by atoms with Crippen LogP contribution in [0.1, 0.15) is 5.69 Å². The molecular formula is C10H6N4O4. The smallest absolute Gasteiger partial charge is 0.377 e. The number of fused-ring (bicyclic) bond motifs is 1. The molecule has 2 rings (SSSR count). The lowest BCUT2D eigenvalue weighted by atomic mass is 10.2. The molecule has 0 spiro atoms. The maximum atomic E-state index is 11.7. The second-order valence-electron chi connectivity index (χ2n) is 3.49. The fraction of sp³-hybridized carbons (Fsp3) is 0.100. The minimum atomic E-state index is -0.974. The van der Waals surface area contributed by atoms with E-state index in [0.29, 0.717) is 0 Å². The Morgan fingerprint density at radius 1 is 1.56 bits per heavy atom. The van der Waals surface area contributed by atoms with E-state index in [1.54, 1.807) is 6.07 Å². The average Bonchev–Trinajstić information content (AvgIpc) is 2.35. The first-order valence-corrected chi connectivity index (χ1v) is 4.74. The summed E-state index contributed by atoms with van der Waals surface area (Å²) in [4.78, 5) is 25.2. The summed E-state index contributed by atoms with van der Waals surface area (Å²) in [5, 5.41) is 29.1. The van der Waals surface area contributed by atoms with Crippen LogP contribution in [0.25, 0.3) is 11.0 Å². The lowest BCUT2D eigenvalue weighted by Gasteiger charge is -2.06. The summed E-state index contributed by atoms with van der Waals surface area (Å²) >= 11 is 0. The van der Waals surface area contributed by atoms with Crippen LogP contribution in [0.4, 0.5) is 5.69 Å². The minimum Gasteiger partial charge on any atom is -0.500 e. The van der Waals surface area contributed by atoms with E-state index >= 15 is 0 Å². The minimum absolute atomic E-state index is 0.00857. The van der Waals surface area contributed by atoms with E-state index in [9.17, 15) is 20.0 Å². The second-order valence-corrected chi connectivity index (χ2v) is 3.49. The van der Waals surface area contributed by atoms with Gasteiger partial charge in [-0.15, -0.1) is 0 Å². The SMILES string of the molecule is Cn1c(=O)c([N+](=O)[O-])c(O)c2nc(C#N)ccc21. The van der Waals surface area contributed by atoms with Crippen LogP contribution in [-0.2, 0) is 7.05 Å². The molecule has 0 bridgehead atoms. The maximum absolute atomic E-state index is 11.7. The van der Waals surface area contributed by atoms with Crippen LogP contribution in [0.2, 0.25) is 0 Å². The van der Waals surface area contributed by atoms with E-state index < -0.39 is 21.9 Å². The number of hydrogen-bond donors (Lipinski definition) is 1. The van der Waals surface area contributed by atoms with E-state index in [0.717, 1.165) is 4.57 Å². The number of rotatable bonds is 1. The summed E-state index contributed by atoms with van der Waals surface area (Å²) in [6.45, 7) is 0. The number of aromatic nitrogens is 2. The van der Waals surface area contributed by atoms with Gasteiger partial charge in [-0.2, -0.15) is 5.26 Å². The van der Waals surface area contributed by atoms with Crippen molar-refractivity contribution in [3.63, 3.8) is 0 Å². The third-order valence-corrected chi connectivity index (χ3v) is 2.49. The molecular weight excluding hydrogens is 240 g/mol. The third kappa shape index (κ3) is 1.46. The van der Waals surface area contributed by atoms with Gasteiger partial charge in [-0.25, -0.2) is 4.98 Å². The number of nitriles is 1. The van der Waals surface area contributed by atoms with Crippen molar-refractivity contribution in [2.75, 3.05) is 0 Å². The van der Waals surface area contributed by atoms with E-state index in [4.69, 9.17) is 5.26 Å². The summed E-state index contributed by atoms with van der Waals surface area (Å²) in [7, 11) is 1.32. The van der Waals surface area contributed by atoms with E-state index in [1.807, 2.05) is 0 Å². The molecule has 8 nitrogen and oxygen atoms in total. The first-order chi connectivity index (χ1) is 8.47. The number of hydrogen-bond acceptors (Lipinski definition) is 6. The zero-order chi connectivity index (χ0) is 13.4. The third-order valence-electron chi connectivity index (χ3n) is 2.49. The average molecular weight is 246 g/mol. The Labute approximate surface area is 99.5 Å². The van der Waals surface area contributed by atoms with E-state index in [1.165, 1.54) is 19.2 Å². The van der Waals surface area contributed by atoms with Crippen LogP contribution >= 0.6 is 0 Å². The molecule has 90 valence electrons. The van der Waals surface area contributed by atoms with Gasteiger partial charge in [0.15, 0.2) is 0 Å². The Morgan fingerprint density at radius 3 is 2.78 bits per heavy atom. The zero-order valence-corrected chi connectivity index (χ0v) is 9.12. The van der Waals surface area contributed by atoms with Crippen molar-refractivity contribution in [3.8, 4) is 11.8 Å². The van der Waals surface area contributed by atoms with E-state index in [2.05, 4.69) is 4.98 Å². The lowest BCUT2D eigenvalue weighted by molar-refractivity contribution is -0.387. The highest BCUT2D eigenvalue weighted by Crippen LogP contribution is 2.29. The van der Waals surface area contributed by atoms with Gasteiger partial charge >= 0.3 is 11.2 Å². The van der Waals surface area contributed by atoms with Crippen LogP contribution in [-0.4, -0.2) is 19.6 Å². The molecule has 0 aliphatic rings. The first kappa shape index (κ1) is 11.5. The largest absolute Gasteiger partial charge is 0.500 e. The highest BCUT2D eigenvalue weighted by Gasteiger charge is 2.25. The summed E-state index contributed by atoms with van der Waals surface area (Å²) in [5.41, 5.74) is -1.83. The van der Waals surface area contributed by atoms with Gasteiger partial charge in [-0.05, 0) is 12.1 Å². The molecule has 2 heterocycles. The number of nitrogens with zero attached hydrogens (tertiary/aromatic N) is 4. The Kier molecular flexibility index (Phi) is 2.44. The van der Waals surface area contributed by atoms with Crippen molar-refractivity contribution >= 4 is 16.7 Å². The number of aromatic hydroxyl groups is 1. The molecule has 0 saturated carbocycles. The van der Waals surface area contributed by atoms with Crippen molar-refractivity contribution in [3.05, 3.63) is 38.3 Å². The van der Waals surface area contributed by atoms with Gasteiger partial charge in [-0.1, -0.05) is 0 Å². The fourth-order valence-electron chi connectivity index (χ4n) is 1.61. The molecule has 18 heavy (non-hydrogen) atoms. The topological polar surface area (TPSA) is 122 Å². The highest BCUT2D eigenvalue weighted by molar-refractivity contribution is 5.85. The van der Waals surface area contributed by atoms with Crippen LogP contribution in [0.15, 0.2) is 16.9 Å². The Hall–Kier alpha value is -2.95. The molecule has 0 radical (unpaired) electrons. The fourth-order valence-corrected chi connectivity index (χ4v) is 1.61. The maximum Gasteiger partial charge on any atom is 0.377 e. The summed E-state index contributed by atoms with van der Waals surface area (Å²) in [6, 6.07) is 4.50. The molecule has 0 amide bonds. The number of pyridine rings is 2. The number of nitro groups is 1. The normalized spacial score (nSPS) is 10.2. The van der Waals surface area contributed by atoms with Crippen LogP contribution < -0.4 is 5.56 Å². The standard InChI is InChI=1S/C10H6N4O4/c1-13-6-3-2-5(4-11)12-7(6)9(15)8(10(13)16)14(17)18/h2-3,15H,1H3. The van der Waals surface area contributed by atoms with Gasteiger partial charge < -0.3 is 9.67 Å². The number of aryl methyl sites for hydroxylation is 1. The van der Waals surface area contributed by atoms with Crippen molar-refractivity contribution in [2.45, 2.75) is 0 Å². The Morgan fingerprint density at radius 2 is 2.22 bits per heavy atom. The molecule has 0 fully saturated rings. The molecule has 0 aromatic carbocycles. The van der Waals surface area contributed by atoms with Gasteiger partial charge in [0.05, 0.1) is 10.4 Å². The molecule has 0 aliphatic carbocycles. The molecule has 2 aromatic heterocycles. The van der Waals surface area contributed by atoms with Crippen LogP contribution in [0.3, 0.4) is 0 Å². The monoisotopic (exact) mass is 246 g/mol. The van der Waals surface area contributed by atoms with E-state index in [-0.39, 0.29) is 16.7 Å². The van der Waals surface area contributed by atoms with Crippen LogP contribution in [0.5, 0.6) is 5.75 Å². The highest BCUT2D eigenvalue weighted by atomic mass is 16.6. The van der Waals surface area contributed by atoms with Gasteiger partial charge in [0.1, 0.15) is 17.3 Å². The molecule has 8 heteroatoms. The van der Waals surface area contributed by atoms with Gasteiger partial charge in [-0.3, -0.25) is 14.9 Å². The van der Waals surface area contributed by atoms with Crippen molar-refractivity contribution < 1.29 is 10.0 Å². The lowest BCUT2D eigenvalue weighted by Crippen LogP contribution is -2.20. The molecule has 1 N–H and O–H groups in total. The summed E-state index contributed by atoms with van der Waals surface area (Å²) in [6.07, 6.45) is 0. The zero-order valence-electron chi connectivity index (χ0n) is 9.12. The second kappa shape index (κ2) is 3.81. The van der Waals surface area contributed by atoms with Gasteiger partial charge in [0, 0.05) is 7.05 Å². The summed E-state index contributed by atoms with van der Waals surface area (Å²) in [5.74, 6) is -0.824. The molecule has 0 atom stereocenters. The predicted octanol–water partition coefficient (Wildman–Crippen LogP) is 0.419. The Balaban J connectivity index is 3.05. The molecule has 0 unspecified atom stereocenters. The molecule has 0 aliphatic heterocycles. The van der Waals surface area contributed by atoms with Crippen molar-refractivity contribution in [1.82, 2.24) is 9.55 Å². The van der Waals surface area contributed by atoms with Gasteiger partial charge in [0.25, 0.3) is 0 Å². The van der Waals surface area contributed by atoms with Crippen molar-refractivity contribution in [1.29, 1.82) is 5.26 Å². The first-order valence-electron chi connectivity index (χ1n) is 4.74. The Bertz CT molecular complexity index is 772. The quantitative estimate of drug-likeness (QED) is 0.574. The molecule has 0 saturated heterocycles. The van der Waals surface area contributed by atoms with Crippen molar-refractivity contribution in [2.24, 2.45) is 7.05 Å². The summed E-state index contributed by atoms with van der Waals surface area (Å²) < 4.78 is 1.00. The van der Waals surface area contributed by atoms with Crippen LogP contribution in [0, 0.1) is 21.4 Å². The predicted molar refractivity (Wildman–Crippen MR) is 60.0 cm³/mol. The van der Waals surface area contributed by atoms with Gasteiger partial charge in [0.2, 0.25) is 5.75 Å².